The summed E-state index contributed by atoms with van der Waals surface area (Å²) in [7, 11) is -3.50. The average molecular weight is 413 g/mol. The van der Waals surface area contributed by atoms with Crippen LogP contribution < -0.4 is 4.74 Å². The maximum atomic E-state index is 12.3. The number of nitrogens with zero attached hydrogens (tertiary/aromatic N) is 1. The minimum atomic E-state index is -3.50. The molecule has 7 heteroatoms. The second-order valence-corrected chi connectivity index (χ2v) is 8.79. The van der Waals surface area contributed by atoms with Gasteiger partial charge in [-0.25, -0.2) is 13.2 Å². The minimum Gasteiger partial charge on any atom is -0.493 e. The first-order valence-corrected chi connectivity index (χ1v) is 11.0. The van der Waals surface area contributed by atoms with Crippen LogP contribution in [0.1, 0.15) is 28.7 Å². The number of carboxylic acids is 1. The van der Waals surface area contributed by atoms with Crippen LogP contribution in [0.3, 0.4) is 0 Å². The van der Waals surface area contributed by atoms with E-state index in [2.05, 4.69) is 0 Å². The van der Waals surface area contributed by atoms with Crippen LogP contribution in [0.4, 0.5) is 0 Å². The summed E-state index contributed by atoms with van der Waals surface area (Å²) >= 11 is 0. The van der Waals surface area contributed by atoms with Crippen molar-refractivity contribution in [1.82, 2.24) is 4.57 Å². The third-order valence-electron chi connectivity index (χ3n) is 4.76. The smallest absolute Gasteiger partial charge is 0.337 e. The van der Waals surface area contributed by atoms with E-state index in [0.717, 1.165) is 23.2 Å². The molecule has 0 aliphatic rings. The number of benzene rings is 2. The molecular formula is C22H23NO5S. The van der Waals surface area contributed by atoms with E-state index in [1.165, 1.54) is 0 Å². The Balaban J connectivity index is 2.25. The molecule has 1 aromatic heterocycles. The van der Waals surface area contributed by atoms with Crippen molar-refractivity contribution in [3.8, 4) is 22.6 Å². The molecule has 0 saturated heterocycles. The van der Waals surface area contributed by atoms with E-state index in [1.54, 1.807) is 32.0 Å². The predicted molar refractivity (Wildman–Crippen MR) is 112 cm³/mol. The van der Waals surface area contributed by atoms with E-state index in [0.29, 0.717) is 23.6 Å². The van der Waals surface area contributed by atoms with Gasteiger partial charge in [-0.05, 0) is 50.6 Å². The third kappa shape index (κ3) is 3.91. The molecule has 1 heterocycles. The Kier molecular flexibility index (Phi) is 5.53. The van der Waals surface area contributed by atoms with E-state index in [1.807, 2.05) is 41.8 Å². The van der Waals surface area contributed by atoms with Gasteiger partial charge in [0.25, 0.3) is 0 Å². The van der Waals surface area contributed by atoms with Gasteiger partial charge in [0.2, 0.25) is 0 Å². The number of hydrogen-bond donors (Lipinski definition) is 1. The minimum absolute atomic E-state index is 0.124. The number of rotatable bonds is 6. The summed E-state index contributed by atoms with van der Waals surface area (Å²) in [4.78, 5) is 11.7. The quantitative estimate of drug-likeness (QED) is 0.653. The molecule has 0 amide bonds. The van der Waals surface area contributed by atoms with E-state index in [9.17, 15) is 18.3 Å². The summed E-state index contributed by atoms with van der Waals surface area (Å²) in [5.41, 5.74) is 3.89. The maximum absolute atomic E-state index is 12.3. The van der Waals surface area contributed by atoms with Gasteiger partial charge in [0, 0.05) is 23.2 Å². The lowest BCUT2D eigenvalue weighted by molar-refractivity contribution is 0.0696. The van der Waals surface area contributed by atoms with Crippen LogP contribution in [0.15, 0.2) is 53.4 Å². The second kappa shape index (κ2) is 7.75. The molecule has 3 rings (SSSR count). The lowest BCUT2D eigenvalue weighted by Gasteiger charge is -2.17. The van der Waals surface area contributed by atoms with Gasteiger partial charge in [0.15, 0.2) is 9.84 Å². The zero-order valence-corrected chi connectivity index (χ0v) is 17.6. The highest BCUT2D eigenvalue weighted by Gasteiger charge is 2.20. The van der Waals surface area contributed by atoms with Crippen molar-refractivity contribution in [1.29, 1.82) is 0 Å². The topological polar surface area (TPSA) is 85.6 Å². The first kappa shape index (κ1) is 20.7. The molecule has 1 N–H and O–H groups in total. The number of para-hydroxylation sites is 1. The van der Waals surface area contributed by atoms with Gasteiger partial charge in [0.1, 0.15) is 10.6 Å². The molecule has 0 saturated carbocycles. The summed E-state index contributed by atoms with van der Waals surface area (Å²) in [5.74, 6) is -0.667. The van der Waals surface area contributed by atoms with Crippen molar-refractivity contribution in [3.63, 3.8) is 0 Å². The van der Waals surface area contributed by atoms with E-state index in [-0.39, 0.29) is 10.5 Å². The molecule has 0 atom stereocenters. The first-order chi connectivity index (χ1) is 13.6. The highest BCUT2D eigenvalue weighted by Crippen LogP contribution is 2.34. The van der Waals surface area contributed by atoms with Crippen LogP contribution in [0.25, 0.3) is 16.8 Å². The van der Waals surface area contributed by atoms with Crippen LogP contribution in [-0.4, -0.2) is 36.9 Å². The molecule has 2 aromatic carbocycles. The predicted octanol–water partition coefficient (Wildman–Crippen LogP) is 4.26. The monoisotopic (exact) mass is 413 g/mol. The molecule has 152 valence electrons. The molecular weight excluding hydrogens is 390 g/mol. The van der Waals surface area contributed by atoms with Crippen LogP contribution in [-0.2, 0) is 9.84 Å². The fourth-order valence-corrected chi connectivity index (χ4v) is 4.34. The van der Waals surface area contributed by atoms with Crippen molar-refractivity contribution >= 4 is 15.8 Å². The Morgan fingerprint density at radius 2 is 1.79 bits per heavy atom. The molecule has 0 radical (unpaired) electrons. The fourth-order valence-electron chi connectivity index (χ4n) is 3.50. The lowest BCUT2D eigenvalue weighted by atomic mass is 10.0. The van der Waals surface area contributed by atoms with Gasteiger partial charge in [-0.1, -0.05) is 24.3 Å². The molecule has 29 heavy (non-hydrogen) atoms. The zero-order valence-electron chi connectivity index (χ0n) is 16.8. The Bertz CT molecular complexity index is 1190. The zero-order chi connectivity index (χ0) is 21.3. The standard InChI is InChI=1S/C22H23NO5S/c1-5-28-20-11-10-16(13-21(20)29(4,26)27)17-8-6-7-9-19(17)23-14(2)12-18(15(23)3)22(24)25/h6-13H,5H2,1-4H3,(H,24,25). The van der Waals surface area contributed by atoms with Gasteiger partial charge >= 0.3 is 5.97 Å². The number of ether oxygens (including phenoxy) is 1. The van der Waals surface area contributed by atoms with Crippen molar-refractivity contribution in [2.75, 3.05) is 12.9 Å². The molecule has 3 aromatic rings. The number of aromatic nitrogens is 1. The molecule has 6 nitrogen and oxygen atoms in total. The Hall–Kier alpha value is -3.06. The average Bonchev–Trinajstić information content (AvgIpc) is 2.96. The van der Waals surface area contributed by atoms with Gasteiger partial charge in [-0.3, -0.25) is 0 Å². The van der Waals surface area contributed by atoms with Crippen molar-refractivity contribution < 1.29 is 23.1 Å². The highest BCUT2D eigenvalue weighted by atomic mass is 32.2. The summed E-state index contributed by atoms with van der Waals surface area (Å²) in [6.07, 6.45) is 1.15. The lowest BCUT2D eigenvalue weighted by Crippen LogP contribution is -2.05. The molecule has 0 aliphatic heterocycles. The Labute approximate surface area is 170 Å². The van der Waals surface area contributed by atoms with Crippen molar-refractivity contribution in [3.05, 3.63) is 65.5 Å². The Morgan fingerprint density at radius 3 is 2.38 bits per heavy atom. The van der Waals surface area contributed by atoms with Crippen LogP contribution >= 0.6 is 0 Å². The van der Waals surface area contributed by atoms with Crippen molar-refractivity contribution in [2.24, 2.45) is 0 Å². The first-order valence-electron chi connectivity index (χ1n) is 9.14. The SMILES string of the molecule is CCOc1ccc(-c2ccccc2-n2c(C)cc(C(=O)O)c2C)cc1S(C)(=O)=O. The summed E-state index contributed by atoms with van der Waals surface area (Å²) in [6, 6.07) is 14.2. The number of aromatic carboxylic acids is 1. The van der Waals surface area contributed by atoms with E-state index >= 15 is 0 Å². The van der Waals surface area contributed by atoms with E-state index in [4.69, 9.17) is 4.74 Å². The molecule has 0 unspecified atom stereocenters. The summed E-state index contributed by atoms with van der Waals surface area (Å²) in [6.45, 7) is 5.76. The van der Waals surface area contributed by atoms with Crippen LogP contribution in [0.5, 0.6) is 5.75 Å². The summed E-state index contributed by atoms with van der Waals surface area (Å²) in [5, 5.41) is 9.45. The highest BCUT2D eigenvalue weighted by molar-refractivity contribution is 7.90. The summed E-state index contributed by atoms with van der Waals surface area (Å²) < 4.78 is 32.0. The molecule has 0 bridgehead atoms. The maximum Gasteiger partial charge on any atom is 0.337 e. The van der Waals surface area contributed by atoms with Gasteiger partial charge in [0.05, 0.1) is 17.9 Å². The number of aryl methyl sites for hydroxylation is 1. The number of hydrogen-bond acceptors (Lipinski definition) is 4. The van der Waals surface area contributed by atoms with Gasteiger partial charge in [-0.2, -0.15) is 0 Å². The largest absolute Gasteiger partial charge is 0.493 e. The third-order valence-corrected chi connectivity index (χ3v) is 5.88. The molecule has 0 fully saturated rings. The van der Waals surface area contributed by atoms with E-state index < -0.39 is 15.8 Å². The molecule has 0 spiro atoms. The normalized spacial score (nSPS) is 11.4. The number of carbonyl (C=O) groups is 1. The van der Waals surface area contributed by atoms with Crippen LogP contribution in [0.2, 0.25) is 0 Å². The fraction of sp³-hybridized carbons (Fsp3) is 0.227. The number of carboxylic acid groups (broad SMARTS) is 1. The van der Waals surface area contributed by atoms with Gasteiger partial charge in [-0.15, -0.1) is 0 Å². The molecule has 0 aliphatic carbocycles. The number of sulfone groups is 1. The van der Waals surface area contributed by atoms with Crippen molar-refractivity contribution in [2.45, 2.75) is 25.7 Å². The van der Waals surface area contributed by atoms with Gasteiger partial charge < -0.3 is 14.4 Å². The Morgan fingerprint density at radius 1 is 1.10 bits per heavy atom. The second-order valence-electron chi connectivity index (χ2n) is 6.81. The van der Waals surface area contributed by atoms with Crippen LogP contribution in [0, 0.1) is 13.8 Å².